The van der Waals surface area contributed by atoms with E-state index < -0.39 is 9.84 Å². The summed E-state index contributed by atoms with van der Waals surface area (Å²) in [6, 6.07) is 14.9. The molecule has 1 saturated heterocycles. The minimum absolute atomic E-state index is 0.0289. The predicted molar refractivity (Wildman–Crippen MR) is 95.7 cm³/mol. The number of aromatic nitrogens is 1. The summed E-state index contributed by atoms with van der Waals surface area (Å²) in [7, 11) is -3.00. The smallest absolute Gasteiger partial charge is 0.234 e. The van der Waals surface area contributed by atoms with Crippen LogP contribution >= 0.6 is 0 Å². The molecule has 0 aliphatic carbocycles. The average molecular weight is 359 g/mol. The maximum absolute atomic E-state index is 12.2. The van der Waals surface area contributed by atoms with Crippen LogP contribution in [0.2, 0.25) is 0 Å². The predicted octanol–water partition coefficient (Wildman–Crippen LogP) is 1.06. The van der Waals surface area contributed by atoms with Crippen molar-refractivity contribution in [2.45, 2.75) is 18.5 Å². The van der Waals surface area contributed by atoms with Gasteiger partial charge in [-0.15, -0.1) is 0 Å². The number of benzene rings is 1. The number of sulfone groups is 1. The van der Waals surface area contributed by atoms with Gasteiger partial charge in [0, 0.05) is 12.2 Å². The molecule has 0 unspecified atom stereocenters. The molecule has 7 heteroatoms. The van der Waals surface area contributed by atoms with Crippen molar-refractivity contribution in [3.8, 4) is 0 Å². The van der Waals surface area contributed by atoms with E-state index in [4.69, 9.17) is 0 Å². The van der Waals surface area contributed by atoms with Gasteiger partial charge in [-0.25, -0.2) is 8.42 Å². The lowest BCUT2D eigenvalue weighted by molar-refractivity contribution is -0.120. The van der Waals surface area contributed by atoms with Crippen molar-refractivity contribution in [2.75, 3.05) is 18.1 Å². The summed E-state index contributed by atoms with van der Waals surface area (Å²) in [6.07, 6.45) is 2.20. The first-order chi connectivity index (χ1) is 12.0. The van der Waals surface area contributed by atoms with Gasteiger partial charge in [-0.05, 0) is 24.1 Å². The Hall–Kier alpha value is -2.25. The van der Waals surface area contributed by atoms with Crippen LogP contribution in [-0.2, 0) is 14.6 Å². The van der Waals surface area contributed by atoms with E-state index in [-0.39, 0.29) is 36.0 Å². The van der Waals surface area contributed by atoms with Gasteiger partial charge < -0.3 is 5.32 Å². The highest BCUT2D eigenvalue weighted by molar-refractivity contribution is 7.91. The molecule has 1 aromatic heterocycles. The third-order valence-electron chi connectivity index (χ3n) is 4.18. The van der Waals surface area contributed by atoms with Gasteiger partial charge in [0.15, 0.2) is 9.84 Å². The van der Waals surface area contributed by atoms with Crippen LogP contribution in [0.4, 0.5) is 0 Å². The molecule has 1 amide bonds. The summed E-state index contributed by atoms with van der Waals surface area (Å²) < 4.78 is 23.0. The fraction of sp³-hybridized carbons (Fsp3) is 0.333. The van der Waals surface area contributed by atoms with Crippen molar-refractivity contribution in [2.24, 2.45) is 0 Å². The van der Waals surface area contributed by atoms with Crippen LogP contribution in [0.1, 0.15) is 23.7 Å². The standard InChI is InChI=1S/C18H21N3O3S/c22-17(21-15-9-11-25(23,24)13-15)12-20-18(14-6-2-1-3-7-14)16-8-4-5-10-19-16/h1-8,10,15,18,20H,9,11-13H2,(H,21,22)/t15-,18+/m1/s1. The zero-order valence-corrected chi connectivity index (χ0v) is 14.6. The molecule has 1 fully saturated rings. The van der Waals surface area contributed by atoms with Crippen LogP contribution in [0.3, 0.4) is 0 Å². The lowest BCUT2D eigenvalue weighted by atomic mass is 10.0. The number of rotatable bonds is 6. The number of carbonyl (C=O) groups is 1. The van der Waals surface area contributed by atoms with E-state index in [1.165, 1.54) is 0 Å². The Morgan fingerprint density at radius 2 is 1.92 bits per heavy atom. The Morgan fingerprint density at radius 3 is 2.56 bits per heavy atom. The van der Waals surface area contributed by atoms with Crippen LogP contribution in [0.15, 0.2) is 54.7 Å². The molecular formula is C18H21N3O3S. The quantitative estimate of drug-likeness (QED) is 0.805. The first-order valence-corrected chi connectivity index (χ1v) is 10.0. The number of carbonyl (C=O) groups excluding carboxylic acids is 1. The number of nitrogens with one attached hydrogen (secondary N) is 2. The Balaban J connectivity index is 1.64. The molecule has 2 N–H and O–H groups in total. The molecule has 6 nitrogen and oxygen atoms in total. The second-order valence-electron chi connectivity index (χ2n) is 6.15. The third kappa shape index (κ3) is 4.87. The van der Waals surface area contributed by atoms with Crippen LogP contribution in [0.25, 0.3) is 0 Å². The third-order valence-corrected chi connectivity index (χ3v) is 5.95. The van der Waals surface area contributed by atoms with Gasteiger partial charge >= 0.3 is 0 Å². The van der Waals surface area contributed by atoms with Crippen molar-refractivity contribution in [3.05, 3.63) is 66.0 Å². The van der Waals surface area contributed by atoms with E-state index in [0.29, 0.717) is 6.42 Å². The average Bonchev–Trinajstić information content (AvgIpc) is 2.95. The molecule has 132 valence electrons. The van der Waals surface area contributed by atoms with Gasteiger partial charge in [0.25, 0.3) is 0 Å². The summed E-state index contributed by atoms with van der Waals surface area (Å²) in [6.45, 7) is 0.0900. The maximum Gasteiger partial charge on any atom is 0.234 e. The fourth-order valence-corrected chi connectivity index (χ4v) is 4.64. The molecule has 25 heavy (non-hydrogen) atoms. The van der Waals surface area contributed by atoms with Crippen molar-refractivity contribution >= 4 is 15.7 Å². The number of nitrogens with zero attached hydrogens (tertiary/aromatic N) is 1. The van der Waals surface area contributed by atoms with E-state index >= 15 is 0 Å². The fourth-order valence-electron chi connectivity index (χ4n) is 2.97. The highest BCUT2D eigenvalue weighted by atomic mass is 32.2. The summed E-state index contributed by atoms with van der Waals surface area (Å²) >= 11 is 0. The van der Waals surface area contributed by atoms with E-state index in [9.17, 15) is 13.2 Å². The van der Waals surface area contributed by atoms with Crippen LogP contribution < -0.4 is 10.6 Å². The molecule has 1 aliphatic rings. The van der Waals surface area contributed by atoms with Crippen LogP contribution in [0, 0.1) is 0 Å². The zero-order valence-electron chi connectivity index (χ0n) is 13.8. The normalized spacial score (nSPS) is 20.1. The monoisotopic (exact) mass is 359 g/mol. The van der Waals surface area contributed by atoms with E-state index in [0.717, 1.165) is 11.3 Å². The first kappa shape index (κ1) is 17.6. The first-order valence-electron chi connectivity index (χ1n) is 8.22. The van der Waals surface area contributed by atoms with Crippen molar-refractivity contribution in [1.82, 2.24) is 15.6 Å². The number of hydrogen-bond acceptors (Lipinski definition) is 5. The van der Waals surface area contributed by atoms with Crippen molar-refractivity contribution < 1.29 is 13.2 Å². The minimum Gasteiger partial charge on any atom is -0.351 e. The number of amides is 1. The van der Waals surface area contributed by atoms with E-state index in [1.807, 2.05) is 48.5 Å². The molecule has 1 aromatic carbocycles. The molecule has 0 spiro atoms. The zero-order chi connectivity index (χ0) is 17.7. The highest BCUT2D eigenvalue weighted by Gasteiger charge is 2.29. The van der Waals surface area contributed by atoms with Gasteiger partial charge in [0.1, 0.15) is 0 Å². The molecule has 0 radical (unpaired) electrons. The Labute approximate surface area is 147 Å². The molecule has 0 saturated carbocycles. The lowest BCUT2D eigenvalue weighted by Gasteiger charge is -2.19. The molecule has 3 rings (SSSR count). The lowest BCUT2D eigenvalue weighted by Crippen LogP contribution is -2.42. The van der Waals surface area contributed by atoms with Gasteiger partial charge in [0.05, 0.1) is 29.8 Å². The van der Waals surface area contributed by atoms with Crippen LogP contribution in [0.5, 0.6) is 0 Å². The highest BCUT2D eigenvalue weighted by Crippen LogP contribution is 2.19. The summed E-state index contributed by atoms with van der Waals surface area (Å²) in [5, 5.41) is 6.01. The summed E-state index contributed by atoms with van der Waals surface area (Å²) in [5.41, 5.74) is 1.84. The SMILES string of the molecule is O=C(CN[C@@H](c1ccccc1)c1ccccn1)N[C@@H]1CCS(=O)(=O)C1. The Bertz CT molecular complexity index is 770. The molecular weight excluding hydrogens is 338 g/mol. The summed E-state index contributed by atoms with van der Waals surface area (Å²) in [4.78, 5) is 16.6. The topological polar surface area (TPSA) is 88.2 Å². The Kier molecular flexibility index (Phi) is 5.45. The molecule has 2 aromatic rings. The van der Waals surface area contributed by atoms with Gasteiger partial charge in [-0.3, -0.25) is 15.1 Å². The van der Waals surface area contributed by atoms with Crippen LogP contribution in [-0.4, -0.2) is 43.4 Å². The number of hydrogen-bond donors (Lipinski definition) is 2. The minimum atomic E-state index is -3.00. The Morgan fingerprint density at radius 1 is 1.16 bits per heavy atom. The van der Waals surface area contributed by atoms with Crippen molar-refractivity contribution in [3.63, 3.8) is 0 Å². The molecule has 1 aliphatic heterocycles. The molecule has 2 heterocycles. The van der Waals surface area contributed by atoms with Crippen molar-refractivity contribution in [1.29, 1.82) is 0 Å². The van der Waals surface area contributed by atoms with E-state index in [1.54, 1.807) is 6.20 Å². The largest absolute Gasteiger partial charge is 0.351 e. The van der Waals surface area contributed by atoms with E-state index in [2.05, 4.69) is 15.6 Å². The van der Waals surface area contributed by atoms with Gasteiger partial charge in [-0.2, -0.15) is 0 Å². The van der Waals surface area contributed by atoms with Gasteiger partial charge in [0.2, 0.25) is 5.91 Å². The second-order valence-corrected chi connectivity index (χ2v) is 8.38. The maximum atomic E-state index is 12.2. The number of pyridine rings is 1. The summed E-state index contributed by atoms with van der Waals surface area (Å²) in [5.74, 6) is -0.0356. The molecule has 0 bridgehead atoms. The second kappa shape index (κ2) is 7.76. The molecule has 2 atom stereocenters. The van der Waals surface area contributed by atoms with Gasteiger partial charge in [-0.1, -0.05) is 36.4 Å².